The number of rotatable bonds is 5. The molecule has 0 saturated carbocycles. The molecule has 1 aliphatic heterocycles. The van der Waals surface area contributed by atoms with Gasteiger partial charge in [-0.05, 0) is 12.1 Å². The van der Waals surface area contributed by atoms with Gasteiger partial charge in [-0.1, -0.05) is 11.2 Å². The topological polar surface area (TPSA) is 49.3 Å². The Hall–Kier alpha value is -1.75. The fourth-order valence-corrected chi connectivity index (χ4v) is 1.77. The Kier molecular flexibility index (Phi) is 4.41. The van der Waals surface area contributed by atoms with Gasteiger partial charge in [0.2, 0.25) is 0 Å². The van der Waals surface area contributed by atoms with Crippen molar-refractivity contribution in [1.29, 1.82) is 0 Å². The molecule has 5 nitrogen and oxygen atoms in total. The first-order valence-electron chi connectivity index (χ1n) is 5.83. The van der Waals surface area contributed by atoms with E-state index in [0.717, 1.165) is 18.6 Å². The summed E-state index contributed by atoms with van der Waals surface area (Å²) in [5, 5.41) is 3.98. The third-order valence-electron chi connectivity index (χ3n) is 2.75. The van der Waals surface area contributed by atoms with Crippen molar-refractivity contribution in [1.82, 2.24) is 0 Å². The highest BCUT2D eigenvalue weighted by Gasteiger charge is 2.16. The van der Waals surface area contributed by atoms with Crippen LogP contribution in [0.4, 0.5) is 0 Å². The lowest BCUT2D eigenvalue weighted by Crippen LogP contribution is -2.08. The second-order valence-electron chi connectivity index (χ2n) is 3.90. The summed E-state index contributed by atoms with van der Waals surface area (Å²) in [4.78, 5) is 5.34. The van der Waals surface area contributed by atoms with Gasteiger partial charge in [0.05, 0.1) is 39.2 Å². The summed E-state index contributed by atoms with van der Waals surface area (Å²) in [5.74, 6) is 1.40. The number of methoxy groups -OCH3 is 2. The monoisotopic (exact) mass is 251 g/mol. The molecule has 0 N–H and O–H groups in total. The highest BCUT2D eigenvalue weighted by molar-refractivity contribution is 5.87. The lowest BCUT2D eigenvalue weighted by atomic mass is 10.2. The quantitative estimate of drug-likeness (QED) is 0.592. The Morgan fingerprint density at radius 3 is 2.56 bits per heavy atom. The Morgan fingerprint density at radius 1 is 1.28 bits per heavy atom. The molecular weight excluding hydrogens is 234 g/mol. The van der Waals surface area contributed by atoms with Crippen molar-refractivity contribution in [2.24, 2.45) is 5.16 Å². The molecule has 98 valence electrons. The SMILES string of the molecule is COc1cccc(OC)c1/C=N/OC1CCOC1. The van der Waals surface area contributed by atoms with E-state index in [1.54, 1.807) is 20.4 Å². The minimum atomic E-state index is 0.0435. The molecular formula is C13H17NO4. The van der Waals surface area contributed by atoms with Crippen molar-refractivity contribution in [3.63, 3.8) is 0 Å². The molecule has 1 unspecified atom stereocenters. The molecule has 5 heteroatoms. The predicted octanol–water partition coefficient (Wildman–Crippen LogP) is 1.84. The molecule has 1 saturated heterocycles. The number of hydrogen-bond acceptors (Lipinski definition) is 5. The Labute approximate surface area is 106 Å². The molecule has 0 amide bonds. The van der Waals surface area contributed by atoms with Gasteiger partial charge in [-0.3, -0.25) is 0 Å². The Bertz CT molecular complexity index is 391. The van der Waals surface area contributed by atoms with Gasteiger partial charge in [-0.25, -0.2) is 0 Å². The van der Waals surface area contributed by atoms with Crippen LogP contribution in [-0.4, -0.2) is 39.8 Å². The van der Waals surface area contributed by atoms with E-state index >= 15 is 0 Å². The lowest BCUT2D eigenvalue weighted by molar-refractivity contribution is 0.0484. The first kappa shape index (κ1) is 12.7. The average molecular weight is 251 g/mol. The zero-order valence-electron chi connectivity index (χ0n) is 10.6. The summed E-state index contributed by atoms with van der Waals surface area (Å²) < 4.78 is 15.7. The predicted molar refractivity (Wildman–Crippen MR) is 67.4 cm³/mol. The van der Waals surface area contributed by atoms with Gasteiger partial charge in [-0.2, -0.15) is 0 Å². The van der Waals surface area contributed by atoms with Gasteiger partial charge in [0.15, 0.2) is 6.10 Å². The summed E-state index contributed by atoms with van der Waals surface area (Å²) in [6, 6.07) is 5.56. The largest absolute Gasteiger partial charge is 0.496 e. The van der Waals surface area contributed by atoms with Crippen LogP contribution in [0.15, 0.2) is 23.4 Å². The highest BCUT2D eigenvalue weighted by Crippen LogP contribution is 2.26. The fraction of sp³-hybridized carbons (Fsp3) is 0.462. The van der Waals surface area contributed by atoms with Crippen LogP contribution < -0.4 is 9.47 Å². The van der Waals surface area contributed by atoms with Crippen molar-refractivity contribution in [3.8, 4) is 11.5 Å². The maximum absolute atomic E-state index is 5.34. The molecule has 0 bridgehead atoms. The number of oxime groups is 1. The maximum Gasteiger partial charge on any atom is 0.152 e. The Morgan fingerprint density at radius 2 is 2.00 bits per heavy atom. The molecule has 1 atom stereocenters. The smallest absolute Gasteiger partial charge is 0.152 e. The van der Waals surface area contributed by atoms with Crippen LogP contribution in [0.2, 0.25) is 0 Å². The molecule has 0 aliphatic carbocycles. The van der Waals surface area contributed by atoms with E-state index in [1.807, 2.05) is 18.2 Å². The number of benzene rings is 1. The number of hydrogen-bond donors (Lipinski definition) is 0. The second-order valence-corrected chi connectivity index (χ2v) is 3.90. The first-order chi connectivity index (χ1) is 8.85. The first-order valence-corrected chi connectivity index (χ1v) is 5.83. The van der Waals surface area contributed by atoms with Gasteiger partial charge in [-0.15, -0.1) is 0 Å². The number of ether oxygens (including phenoxy) is 3. The fourth-order valence-electron chi connectivity index (χ4n) is 1.77. The maximum atomic E-state index is 5.34. The van der Waals surface area contributed by atoms with Gasteiger partial charge in [0.25, 0.3) is 0 Å². The van der Waals surface area contributed by atoms with Crippen LogP contribution in [0.1, 0.15) is 12.0 Å². The molecule has 0 spiro atoms. The molecule has 0 aromatic heterocycles. The highest BCUT2D eigenvalue weighted by atomic mass is 16.7. The van der Waals surface area contributed by atoms with E-state index in [4.69, 9.17) is 19.0 Å². The van der Waals surface area contributed by atoms with E-state index < -0.39 is 0 Å². The molecule has 1 fully saturated rings. The Balaban J connectivity index is 2.08. The molecule has 18 heavy (non-hydrogen) atoms. The van der Waals surface area contributed by atoms with Crippen LogP contribution in [0.3, 0.4) is 0 Å². The van der Waals surface area contributed by atoms with E-state index in [1.165, 1.54) is 0 Å². The number of nitrogens with zero attached hydrogens (tertiary/aromatic N) is 1. The normalized spacial score (nSPS) is 19.1. The van der Waals surface area contributed by atoms with E-state index in [2.05, 4.69) is 5.16 Å². The summed E-state index contributed by atoms with van der Waals surface area (Å²) in [7, 11) is 3.22. The van der Waals surface area contributed by atoms with Crippen molar-refractivity contribution in [3.05, 3.63) is 23.8 Å². The minimum Gasteiger partial charge on any atom is -0.496 e. The lowest BCUT2D eigenvalue weighted by Gasteiger charge is -2.09. The van der Waals surface area contributed by atoms with Gasteiger partial charge in [0.1, 0.15) is 11.5 Å². The van der Waals surface area contributed by atoms with E-state index in [0.29, 0.717) is 18.1 Å². The molecule has 1 aliphatic rings. The summed E-state index contributed by atoms with van der Waals surface area (Å²) in [6.45, 7) is 1.33. The zero-order valence-corrected chi connectivity index (χ0v) is 10.6. The molecule has 1 aromatic rings. The summed E-state index contributed by atoms with van der Waals surface area (Å²) >= 11 is 0. The van der Waals surface area contributed by atoms with Crippen LogP contribution in [0.5, 0.6) is 11.5 Å². The zero-order chi connectivity index (χ0) is 12.8. The van der Waals surface area contributed by atoms with Gasteiger partial charge >= 0.3 is 0 Å². The van der Waals surface area contributed by atoms with Crippen LogP contribution in [0.25, 0.3) is 0 Å². The van der Waals surface area contributed by atoms with E-state index in [-0.39, 0.29) is 6.10 Å². The average Bonchev–Trinajstić information content (AvgIpc) is 2.92. The van der Waals surface area contributed by atoms with Crippen molar-refractivity contribution in [2.75, 3.05) is 27.4 Å². The standard InChI is InChI=1S/C13H17NO4/c1-15-12-4-3-5-13(16-2)11(12)8-14-18-10-6-7-17-9-10/h3-5,8,10H,6-7,9H2,1-2H3/b14-8+. The summed E-state index contributed by atoms with van der Waals surface area (Å²) in [5.41, 5.74) is 0.765. The summed E-state index contributed by atoms with van der Waals surface area (Å²) in [6.07, 6.45) is 2.53. The van der Waals surface area contributed by atoms with Crippen molar-refractivity contribution >= 4 is 6.21 Å². The van der Waals surface area contributed by atoms with Crippen molar-refractivity contribution in [2.45, 2.75) is 12.5 Å². The minimum absolute atomic E-state index is 0.0435. The second kappa shape index (κ2) is 6.26. The third kappa shape index (κ3) is 2.92. The molecule has 0 radical (unpaired) electrons. The molecule has 2 rings (SSSR count). The van der Waals surface area contributed by atoms with Gasteiger partial charge < -0.3 is 19.0 Å². The third-order valence-corrected chi connectivity index (χ3v) is 2.75. The van der Waals surface area contributed by atoms with E-state index in [9.17, 15) is 0 Å². The van der Waals surface area contributed by atoms with Gasteiger partial charge in [0, 0.05) is 6.42 Å². The van der Waals surface area contributed by atoms with Crippen LogP contribution in [0, 0.1) is 0 Å². The molecule has 1 aromatic carbocycles. The molecule has 1 heterocycles. The van der Waals surface area contributed by atoms with Crippen molar-refractivity contribution < 1.29 is 19.0 Å². The van der Waals surface area contributed by atoms with Crippen LogP contribution >= 0.6 is 0 Å². The van der Waals surface area contributed by atoms with Crippen LogP contribution in [-0.2, 0) is 9.57 Å².